The van der Waals surface area contributed by atoms with E-state index >= 15 is 0 Å². The summed E-state index contributed by atoms with van der Waals surface area (Å²) in [5.41, 5.74) is 6.00. The van der Waals surface area contributed by atoms with E-state index in [1.165, 1.54) is 11.1 Å². The first-order valence-corrected chi connectivity index (χ1v) is 7.35. The highest BCUT2D eigenvalue weighted by molar-refractivity contribution is 6.21. The van der Waals surface area contributed by atoms with Crippen LogP contribution in [0.15, 0.2) is 47.5 Å². The van der Waals surface area contributed by atoms with Crippen molar-refractivity contribution >= 4 is 16.6 Å². The molecule has 1 aromatic heterocycles. The molecule has 0 fully saturated rings. The van der Waals surface area contributed by atoms with Crippen LogP contribution in [0.4, 0.5) is 0 Å². The molecule has 0 atom stereocenters. The lowest BCUT2D eigenvalue weighted by atomic mass is 9.99. The Balaban J connectivity index is 2.30. The SMILES string of the molecule is CN=C(c1ccc(C)cc1)c1c(O)n(C)c2ccc(C)cc12. The molecule has 1 heterocycles. The summed E-state index contributed by atoms with van der Waals surface area (Å²) in [6.45, 7) is 4.12. The van der Waals surface area contributed by atoms with Gasteiger partial charge in [-0.2, -0.15) is 0 Å². The van der Waals surface area contributed by atoms with Crippen molar-refractivity contribution in [2.24, 2.45) is 12.0 Å². The number of aliphatic imine (C=N–C) groups is 1. The summed E-state index contributed by atoms with van der Waals surface area (Å²) in [6.07, 6.45) is 0. The molecular formula is C19H20N2O. The molecule has 0 bridgehead atoms. The zero-order valence-corrected chi connectivity index (χ0v) is 13.4. The molecule has 0 aliphatic carbocycles. The average molecular weight is 292 g/mol. The van der Waals surface area contributed by atoms with Crippen LogP contribution in [0.2, 0.25) is 0 Å². The number of fused-ring (bicyclic) bond motifs is 1. The number of aromatic nitrogens is 1. The van der Waals surface area contributed by atoms with Gasteiger partial charge in [0.2, 0.25) is 5.88 Å². The topological polar surface area (TPSA) is 37.5 Å². The van der Waals surface area contributed by atoms with Crippen molar-refractivity contribution in [2.45, 2.75) is 13.8 Å². The van der Waals surface area contributed by atoms with Crippen LogP contribution in [0.25, 0.3) is 10.9 Å². The second kappa shape index (κ2) is 5.34. The van der Waals surface area contributed by atoms with E-state index in [2.05, 4.69) is 43.1 Å². The molecule has 0 saturated heterocycles. The molecule has 1 N–H and O–H groups in total. The van der Waals surface area contributed by atoms with Crippen molar-refractivity contribution in [3.63, 3.8) is 0 Å². The zero-order valence-electron chi connectivity index (χ0n) is 13.4. The largest absolute Gasteiger partial charge is 0.494 e. The van der Waals surface area contributed by atoms with Gasteiger partial charge in [-0.05, 0) is 26.0 Å². The van der Waals surface area contributed by atoms with Crippen molar-refractivity contribution in [1.29, 1.82) is 0 Å². The molecule has 2 aromatic carbocycles. The Hall–Kier alpha value is -2.55. The Morgan fingerprint density at radius 1 is 1.00 bits per heavy atom. The van der Waals surface area contributed by atoms with Crippen LogP contribution in [0.5, 0.6) is 5.88 Å². The number of nitrogens with zero attached hydrogens (tertiary/aromatic N) is 2. The number of benzene rings is 2. The third kappa shape index (κ3) is 2.19. The van der Waals surface area contributed by atoms with Crippen molar-refractivity contribution in [1.82, 2.24) is 4.57 Å². The Morgan fingerprint density at radius 2 is 1.64 bits per heavy atom. The minimum atomic E-state index is 0.252. The molecule has 3 nitrogen and oxygen atoms in total. The minimum Gasteiger partial charge on any atom is -0.494 e. The van der Waals surface area contributed by atoms with Crippen LogP contribution in [0.3, 0.4) is 0 Å². The lowest BCUT2D eigenvalue weighted by molar-refractivity contribution is 0.434. The van der Waals surface area contributed by atoms with Gasteiger partial charge in [-0.1, -0.05) is 41.5 Å². The second-order valence-electron chi connectivity index (χ2n) is 5.72. The third-order valence-electron chi connectivity index (χ3n) is 4.11. The van der Waals surface area contributed by atoms with E-state index < -0.39 is 0 Å². The number of aryl methyl sites for hydroxylation is 3. The van der Waals surface area contributed by atoms with Crippen LogP contribution in [0.1, 0.15) is 22.3 Å². The summed E-state index contributed by atoms with van der Waals surface area (Å²) in [7, 11) is 3.64. The lowest BCUT2D eigenvalue weighted by Crippen LogP contribution is -2.03. The van der Waals surface area contributed by atoms with Gasteiger partial charge in [0.05, 0.1) is 16.8 Å². The van der Waals surface area contributed by atoms with Gasteiger partial charge >= 0.3 is 0 Å². The van der Waals surface area contributed by atoms with Crippen LogP contribution in [-0.4, -0.2) is 22.4 Å². The summed E-state index contributed by atoms with van der Waals surface area (Å²) in [4.78, 5) is 4.46. The van der Waals surface area contributed by atoms with Gasteiger partial charge in [-0.25, -0.2) is 0 Å². The Morgan fingerprint density at radius 3 is 2.27 bits per heavy atom. The highest BCUT2D eigenvalue weighted by Gasteiger charge is 2.20. The van der Waals surface area contributed by atoms with Crippen molar-refractivity contribution in [2.75, 3.05) is 7.05 Å². The first kappa shape index (κ1) is 14.4. The monoisotopic (exact) mass is 292 g/mol. The van der Waals surface area contributed by atoms with Gasteiger partial charge in [0.1, 0.15) is 0 Å². The molecule has 0 aliphatic rings. The normalized spacial score (nSPS) is 12.1. The maximum atomic E-state index is 10.6. The van der Waals surface area contributed by atoms with Crippen molar-refractivity contribution in [3.05, 3.63) is 64.7 Å². The fourth-order valence-electron chi connectivity index (χ4n) is 2.87. The van der Waals surface area contributed by atoms with Gasteiger partial charge < -0.3 is 9.67 Å². The number of hydrogen-bond acceptors (Lipinski definition) is 2. The van der Waals surface area contributed by atoms with E-state index in [9.17, 15) is 5.11 Å². The van der Waals surface area contributed by atoms with E-state index in [4.69, 9.17) is 0 Å². The third-order valence-corrected chi connectivity index (χ3v) is 4.11. The lowest BCUT2D eigenvalue weighted by Gasteiger charge is -2.07. The van der Waals surface area contributed by atoms with Gasteiger partial charge in [-0.3, -0.25) is 4.99 Å². The van der Waals surface area contributed by atoms with E-state index in [0.29, 0.717) is 0 Å². The summed E-state index contributed by atoms with van der Waals surface area (Å²) >= 11 is 0. The molecule has 0 spiro atoms. The summed E-state index contributed by atoms with van der Waals surface area (Å²) in [6, 6.07) is 14.4. The average Bonchev–Trinajstić information content (AvgIpc) is 2.74. The smallest absolute Gasteiger partial charge is 0.201 e. The number of hydrogen-bond donors (Lipinski definition) is 1. The highest BCUT2D eigenvalue weighted by Crippen LogP contribution is 2.33. The van der Waals surface area contributed by atoms with Crippen LogP contribution >= 0.6 is 0 Å². The van der Waals surface area contributed by atoms with Crippen LogP contribution in [0, 0.1) is 13.8 Å². The maximum Gasteiger partial charge on any atom is 0.201 e. The van der Waals surface area contributed by atoms with Gasteiger partial charge in [0.25, 0.3) is 0 Å². The first-order valence-electron chi connectivity index (χ1n) is 7.35. The van der Waals surface area contributed by atoms with Gasteiger partial charge in [-0.15, -0.1) is 0 Å². The molecule has 0 radical (unpaired) electrons. The molecule has 112 valence electrons. The highest BCUT2D eigenvalue weighted by atomic mass is 16.3. The van der Waals surface area contributed by atoms with Crippen LogP contribution in [-0.2, 0) is 7.05 Å². The summed E-state index contributed by atoms with van der Waals surface area (Å²) < 4.78 is 1.81. The fourth-order valence-corrected chi connectivity index (χ4v) is 2.87. The van der Waals surface area contributed by atoms with E-state index in [-0.39, 0.29) is 5.88 Å². The Labute approximate surface area is 130 Å². The molecule has 0 saturated carbocycles. The zero-order chi connectivity index (χ0) is 15.9. The van der Waals surface area contributed by atoms with Gasteiger partial charge in [0, 0.05) is 25.0 Å². The molecule has 22 heavy (non-hydrogen) atoms. The Kier molecular flexibility index (Phi) is 3.49. The van der Waals surface area contributed by atoms with Gasteiger partial charge in [0.15, 0.2) is 0 Å². The molecule has 3 heteroatoms. The second-order valence-corrected chi connectivity index (χ2v) is 5.72. The molecule has 3 rings (SSSR count). The van der Waals surface area contributed by atoms with Crippen LogP contribution < -0.4 is 0 Å². The minimum absolute atomic E-state index is 0.252. The molecule has 3 aromatic rings. The van der Waals surface area contributed by atoms with Crippen molar-refractivity contribution < 1.29 is 5.11 Å². The quantitative estimate of drug-likeness (QED) is 0.713. The molecule has 0 aliphatic heterocycles. The maximum absolute atomic E-state index is 10.6. The molecular weight excluding hydrogens is 272 g/mol. The fraction of sp³-hybridized carbons (Fsp3) is 0.211. The number of rotatable bonds is 2. The summed E-state index contributed by atoms with van der Waals surface area (Å²) in [5, 5.41) is 11.6. The number of aromatic hydroxyl groups is 1. The molecule has 0 unspecified atom stereocenters. The Bertz CT molecular complexity index is 871. The van der Waals surface area contributed by atoms with E-state index in [1.807, 2.05) is 29.8 Å². The predicted molar refractivity (Wildman–Crippen MR) is 92.1 cm³/mol. The van der Waals surface area contributed by atoms with Crippen molar-refractivity contribution in [3.8, 4) is 5.88 Å². The standard InChI is InChI=1S/C19H20N2O/c1-12-5-8-14(9-6-12)18(20-3)17-15-11-13(2)7-10-16(15)21(4)19(17)22/h5-11,22H,1-4H3. The predicted octanol–water partition coefficient (Wildman–Crippen LogP) is 3.97. The first-order chi connectivity index (χ1) is 10.5. The summed E-state index contributed by atoms with van der Waals surface area (Å²) in [5.74, 6) is 0.252. The van der Waals surface area contributed by atoms with E-state index in [1.54, 1.807) is 7.05 Å². The molecule has 0 amide bonds. The van der Waals surface area contributed by atoms with E-state index in [0.717, 1.165) is 27.7 Å².